The molecule has 1 fully saturated rings. The molecule has 8 heteroatoms. The fourth-order valence-electron chi connectivity index (χ4n) is 3.29. The summed E-state index contributed by atoms with van der Waals surface area (Å²) in [6.07, 6.45) is 0.323. The third-order valence-corrected chi connectivity index (χ3v) is 5.71. The van der Waals surface area contributed by atoms with E-state index in [2.05, 4.69) is 15.6 Å². The Balaban J connectivity index is 1.24. The number of aromatic nitrogens is 1. The molecule has 1 unspecified atom stereocenters. The highest BCUT2D eigenvalue weighted by Gasteiger charge is 2.34. The summed E-state index contributed by atoms with van der Waals surface area (Å²) in [5.41, 5.74) is 1.64. The molecule has 3 aromatic rings. The van der Waals surface area contributed by atoms with E-state index in [1.165, 1.54) is 11.3 Å². The third-order valence-electron chi connectivity index (χ3n) is 4.76. The van der Waals surface area contributed by atoms with Crippen LogP contribution < -0.4 is 15.5 Å². The maximum absolute atomic E-state index is 12.4. The predicted octanol–water partition coefficient (Wildman–Crippen LogP) is 2.79. The van der Waals surface area contributed by atoms with Crippen molar-refractivity contribution in [3.05, 3.63) is 54.6 Å². The molecule has 29 heavy (non-hydrogen) atoms. The average molecular weight is 408 g/mol. The Labute approximate surface area is 171 Å². The van der Waals surface area contributed by atoms with Gasteiger partial charge in [-0.25, -0.2) is 4.98 Å². The van der Waals surface area contributed by atoms with Gasteiger partial charge in [0.05, 0.1) is 16.1 Å². The van der Waals surface area contributed by atoms with E-state index in [0.717, 1.165) is 15.9 Å². The first-order chi connectivity index (χ1) is 14.1. The molecule has 1 aliphatic rings. The molecule has 1 saturated heterocycles. The van der Waals surface area contributed by atoms with Crippen LogP contribution in [0.1, 0.15) is 12.8 Å². The molecule has 148 valence electrons. The van der Waals surface area contributed by atoms with Crippen LogP contribution in [0.3, 0.4) is 0 Å². The number of nitrogens with one attached hydrogen (secondary N) is 2. The normalized spacial score (nSPS) is 16.2. The van der Waals surface area contributed by atoms with E-state index < -0.39 is 5.92 Å². The van der Waals surface area contributed by atoms with Crippen LogP contribution in [0.15, 0.2) is 54.6 Å². The van der Waals surface area contributed by atoms with Crippen molar-refractivity contribution in [1.82, 2.24) is 10.3 Å². The molecule has 2 aromatic carbocycles. The molecule has 0 radical (unpaired) electrons. The third kappa shape index (κ3) is 4.43. The molecule has 0 saturated carbocycles. The highest BCUT2D eigenvalue weighted by Crippen LogP contribution is 2.26. The zero-order valence-electron chi connectivity index (χ0n) is 15.6. The number of carbonyl (C=O) groups is 3. The van der Waals surface area contributed by atoms with Crippen molar-refractivity contribution < 1.29 is 14.4 Å². The van der Waals surface area contributed by atoms with Crippen LogP contribution in [-0.2, 0) is 14.4 Å². The number of hydrogen-bond donors (Lipinski definition) is 2. The van der Waals surface area contributed by atoms with Gasteiger partial charge < -0.3 is 15.5 Å². The first-order valence-corrected chi connectivity index (χ1v) is 10.2. The van der Waals surface area contributed by atoms with Gasteiger partial charge in [0.15, 0.2) is 5.13 Å². The van der Waals surface area contributed by atoms with Crippen molar-refractivity contribution in [2.24, 2.45) is 5.92 Å². The molecule has 3 amide bonds. The summed E-state index contributed by atoms with van der Waals surface area (Å²) in [4.78, 5) is 42.7. The van der Waals surface area contributed by atoms with Crippen molar-refractivity contribution in [3.8, 4) is 0 Å². The Bertz CT molecular complexity index is 1020. The van der Waals surface area contributed by atoms with Gasteiger partial charge in [-0.05, 0) is 24.3 Å². The number of thiazole rings is 1. The summed E-state index contributed by atoms with van der Waals surface area (Å²) in [7, 11) is 0. The van der Waals surface area contributed by atoms with E-state index in [-0.39, 0.29) is 37.1 Å². The number of carbonyl (C=O) groups excluding carboxylic acids is 3. The molecule has 2 heterocycles. The smallest absolute Gasteiger partial charge is 0.227 e. The molecule has 4 rings (SSSR count). The first kappa shape index (κ1) is 19.1. The van der Waals surface area contributed by atoms with Crippen LogP contribution in [-0.4, -0.2) is 35.8 Å². The number of amides is 3. The van der Waals surface area contributed by atoms with E-state index in [1.807, 2.05) is 54.6 Å². The number of hydrogen-bond acceptors (Lipinski definition) is 5. The highest BCUT2D eigenvalue weighted by molar-refractivity contribution is 7.22. The summed E-state index contributed by atoms with van der Waals surface area (Å²) in [6.45, 7) is 0.568. The van der Waals surface area contributed by atoms with Crippen LogP contribution in [0.4, 0.5) is 10.8 Å². The van der Waals surface area contributed by atoms with E-state index in [4.69, 9.17) is 0 Å². The van der Waals surface area contributed by atoms with Gasteiger partial charge in [-0.1, -0.05) is 41.7 Å². The van der Waals surface area contributed by atoms with Crippen molar-refractivity contribution in [1.29, 1.82) is 0 Å². The zero-order valence-corrected chi connectivity index (χ0v) is 16.4. The lowest BCUT2D eigenvalue weighted by molar-refractivity contribution is -0.126. The fourth-order valence-corrected chi connectivity index (χ4v) is 4.17. The summed E-state index contributed by atoms with van der Waals surface area (Å²) in [6, 6.07) is 17.0. The molecule has 1 aliphatic heterocycles. The highest BCUT2D eigenvalue weighted by atomic mass is 32.1. The largest absolute Gasteiger partial charge is 0.355 e. The summed E-state index contributed by atoms with van der Waals surface area (Å²) in [5, 5.41) is 6.07. The van der Waals surface area contributed by atoms with Gasteiger partial charge in [0.25, 0.3) is 0 Å². The lowest BCUT2D eigenvalue weighted by Crippen LogP contribution is -2.34. The summed E-state index contributed by atoms with van der Waals surface area (Å²) >= 11 is 1.41. The van der Waals surface area contributed by atoms with E-state index >= 15 is 0 Å². The van der Waals surface area contributed by atoms with Crippen LogP contribution >= 0.6 is 11.3 Å². The Morgan fingerprint density at radius 3 is 2.66 bits per heavy atom. The minimum absolute atomic E-state index is 0.0649. The Morgan fingerprint density at radius 2 is 1.86 bits per heavy atom. The van der Waals surface area contributed by atoms with E-state index in [1.54, 1.807) is 4.90 Å². The molecule has 7 nitrogen and oxygen atoms in total. The van der Waals surface area contributed by atoms with Crippen LogP contribution in [0, 0.1) is 5.92 Å². The summed E-state index contributed by atoms with van der Waals surface area (Å²) in [5.74, 6) is -0.887. The van der Waals surface area contributed by atoms with Gasteiger partial charge in [0.1, 0.15) is 0 Å². The Morgan fingerprint density at radius 1 is 1.10 bits per heavy atom. The lowest BCUT2D eigenvalue weighted by atomic mass is 10.1. The molecular formula is C21H20N4O3S. The molecule has 0 bridgehead atoms. The van der Waals surface area contributed by atoms with Gasteiger partial charge in [0.2, 0.25) is 17.7 Å². The number of para-hydroxylation sites is 2. The molecule has 2 N–H and O–H groups in total. The maximum Gasteiger partial charge on any atom is 0.227 e. The minimum atomic E-state index is -0.407. The number of nitrogens with zero attached hydrogens (tertiary/aromatic N) is 2. The monoisotopic (exact) mass is 408 g/mol. The van der Waals surface area contributed by atoms with Gasteiger partial charge in [-0.3, -0.25) is 14.4 Å². The van der Waals surface area contributed by atoms with Gasteiger partial charge in [-0.2, -0.15) is 0 Å². The van der Waals surface area contributed by atoms with Crippen molar-refractivity contribution in [2.45, 2.75) is 12.8 Å². The number of fused-ring (bicyclic) bond motifs is 1. The second-order valence-corrected chi connectivity index (χ2v) is 7.85. The van der Waals surface area contributed by atoms with E-state index in [0.29, 0.717) is 11.7 Å². The summed E-state index contributed by atoms with van der Waals surface area (Å²) < 4.78 is 1.00. The second-order valence-electron chi connectivity index (χ2n) is 6.82. The van der Waals surface area contributed by atoms with Crippen LogP contribution in [0.25, 0.3) is 10.2 Å². The quantitative estimate of drug-likeness (QED) is 0.656. The minimum Gasteiger partial charge on any atom is -0.355 e. The van der Waals surface area contributed by atoms with Crippen molar-refractivity contribution >= 4 is 50.1 Å². The van der Waals surface area contributed by atoms with Crippen LogP contribution in [0.2, 0.25) is 0 Å². The molecule has 0 aliphatic carbocycles. The average Bonchev–Trinajstić information content (AvgIpc) is 3.31. The lowest BCUT2D eigenvalue weighted by Gasteiger charge is -2.16. The number of rotatable bonds is 6. The molecule has 1 aromatic heterocycles. The standard InChI is InChI=1S/C21H20N4O3S/c26-18(24-21-23-16-8-4-5-9-17(16)29-21)10-11-22-20(28)14-12-19(27)25(13-14)15-6-2-1-3-7-15/h1-9,14H,10-13H2,(H,22,28)(H,23,24,26). The molecule has 0 spiro atoms. The van der Waals surface area contributed by atoms with Crippen LogP contribution in [0.5, 0.6) is 0 Å². The Hall–Kier alpha value is -3.26. The second kappa shape index (κ2) is 8.40. The van der Waals surface area contributed by atoms with Gasteiger partial charge >= 0.3 is 0 Å². The zero-order chi connectivity index (χ0) is 20.2. The van der Waals surface area contributed by atoms with Gasteiger partial charge in [0, 0.05) is 31.6 Å². The molecular weight excluding hydrogens is 388 g/mol. The van der Waals surface area contributed by atoms with Gasteiger partial charge in [-0.15, -0.1) is 0 Å². The molecule has 1 atom stereocenters. The number of benzene rings is 2. The first-order valence-electron chi connectivity index (χ1n) is 9.39. The van der Waals surface area contributed by atoms with Crippen molar-refractivity contribution in [2.75, 3.05) is 23.3 Å². The fraction of sp³-hybridized carbons (Fsp3) is 0.238. The topological polar surface area (TPSA) is 91.4 Å². The van der Waals surface area contributed by atoms with Crippen molar-refractivity contribution in [3.63, 3.8) is 0 Å². The number of anilines is 2. The Kier molecular flexibility index (Phi) is 5.53. The predicted molar refractivity (Wildman–Crippen MR) is 113 cm³/mol. The SMILES string of the molecule is O=C(CCNC(=O)C1CC(=O)N(c2ccccc2)C1)Nc1nc2ccccc2s1. The van der Waals surface area contributed by atoms with E-state index in [9.17, 15) is 14.4 Å². The maximum atomic E-state index is 12.4.